The molecule has 0 saturated carbocycles. The smallest absolute Gasteiger partial charge is 0.329 e. The number of hydrogen-bond acceptors (Lipinski definition) is 5. The van der Waals surface area contributed by atoms with Gasteiger partial charge in [-0.05, 0) is 43.7 Å². The molecule has 0 aliphatic carbocycles. The Morgan fingerprint density at radius 2 is 1.79 bits per heavy atom. The summed E-state index contributed by atoms with van der Waals surface area (Å²) in [6.45, 7) is 4.67. The van der Waals surface area contributed by atoms with Crippen LogP contribution in [0, 0.1) is 0 Å². The summed E-state index contributed by atoms with van der Waals surface area (Å²) in [5, 5.41) is 5.56. The average molecular weight is 395 g/mol. The summed E-state index contributed by atoms with van der Waals surface area (Å²) in [4.78, 5) is 54.9. The lowest BCUT2D eigenvalue weighted by atomic mass is 10.1. The predicted octanol–water partition coefficient (Wildman–Crippen LogP) is 1.50. The highest BCUT2D eigenvalue weighted by atomic mass is 16.2. The average Bonchev–Trinajstić information content (AvgIpc) is 2.71. The first-order valence-electron chi connectivity index (χ1n) is 9.27. The Morgan fingerprint density at radius 3 is 2.45 bits per heavy atom. The zero-order valence-electron chi connectivity index (χ0n) is 16.1. The van der Waals surface area contributed by atoms with Gasteiger partial charge in [0, 0.05) is 30.5 Å². The molecule has 3 aromatic rings. The van der Waals surface area contributed by atoms with E-state index in [0.717, 1.165) is 0 Å². The lowest BCUT2D eigenvalue weighted by Gasteiger charge is -2.09. The molecule has 0 saturated heterocycles. The summed E-state index contributed by atoms with van der Waals surface area (Å²) >= 11 is 0. The number of nitrogens with one attached hydrogen (secondary N) is 3. The lowest BCUT2D eigenvalue weighted by molar-refractivity contribution is 0.0955. The van der Waals surface area contributed by atoms with Gasteiger partial charge in [-0.3, -0.25) is 23.9 Å². The summed E-state index contributed by atoms with van der Waals surface area (Å²) < 4.78 is 1.37. The molecule has 2 aromatic heterocycles. The Labute approximate surface area is 165 Å². The van der Waals surface area contributed by atoms with Gasteiger partial charge in [0.25, 0.3) is 17.4 Å². The number of aromatic nitrogens is 3. The Bertz CT molecular complexity index is 1180. The zero-order chi connectivity index (χ0) is 21.0. The van der Waals surface area contributed by atoms with E-state index in [4.69, 9.17) is 0 Å². The number of aromatic amines is 1. The number of carbonyl (C=O) groups excluding carboxylic acids is 2. The summed E-state index contributed by atoms with van der Waals surface area (Å²) in [5.41, 5.74) is 0.277. The molecule has 0 atom stereocenters. The number of rotatable bonds is 6. The highest BCUT2D eigenvalue weighted by Gasteiger charge is 2.13. The van der Waals surface area contributed by atoms with Crippen molar-refractivity contribution in [2.24, 2.45) is 0 Å². The molecule has 9 nitrogen and oxygen atoms in total. The van der Waals surface area contributed by atoms with Gasteiger partial charge in [0.05, 0.1) is 10.9 Å². The molecule has 0 spiro atoms. The van der Waals surface area contributed by atoms with E-state index in [1.165, 1.54) is 16.8 Å². The van der Waals surface area contributed by atoms with E-state index in [1.807, 2.05) is 13.8 Å². The van der Waals surface area contributed by atoms with Crippen molar-refractivity contribution >= 4 is 28.5 Å². The maximum Gasteiger partial charge on any atom is 0.329 e. The maximum atomic E-state index is 12.6. The molecular weight excluding hydrogens is 374 g/mol. The van der Waals surface area contributed by atoms with Gasteiger partial charge >= 0.3 is 5.69 Å². The number of aryl methyl sites for hydroxylation is 1. The molecule has 0 unspecified atom stereocenters. The third kappa shape index (κ3) is 4.23. The monoisotopic (exact) mass is 395 g/mol. The van der Waals surface area contributed by atoms with Crippen LogP contribution in [0.25, 0.3) is 11.0 Å². The van der Waals surface area contributed by atoms with E-state index in [0.29, 0.717) is 30.8 Å². The zero-order valence-corrected chi connectivity index (χ0v) is 16.1. The van der Waals surface area contributed by atoms with E-state index in [2.05, 4.69) is 20.6 Å². The van der Waals surface area contributed by atoms with Crippen LogP contribution in [0.15, 0.2) is 46.1 Å². The van der Waals surface area contributed by atoms with Crippen LogP contribution < -0.4 is 21.9 Å². The Hall–Kier alpha value is -3.75. The number of hydrogen-bond donors (Lipinski definition) is 3. The molecule has 0 bridgehead atoms. The number of fused-ring (bicyclic) bond motifs is 1. The number of anilines is 1. The molecular formula is C20H21N5O4. The second kappa shape index (κ2) is 8.51. The van der Waals surface area contributed by atoms with Crippen LogP contribution in [0.3, 0.4) is 0 Å². The van der Waals surface area contributed by atoms with Crippen molar-refractivity contribution < 1.29 is 9.59 Å². The molecule has 0 aliphatic heterocycles. The second-order valence-electron chi connectivity index (χ2n) is 6.40. The van der Waals surface area contributed by atoms with Crippen LogP contribution in [0.2, 0.25) is 0 Å². The van der Waals surface area contributed by atoms with Gasteiger partial charge in [-0.15, -0.1) is 0 Å². The fourth-order valence-electron chi connectivity index (χ4n) is 2.89. The molecule has 3 rings (SSSR count). The van der Waals surface area contributed by atoms with Gasteiger partial charge in [-0.25, -0.2) is 9.78 Å². The van der Waals surface area contributed by atoms with E-state index in [9.17, 15) is 19.2 Å². The van der Waals surface area contributed by atoms with Gasteiger partial charge in [-0.1, -0.05) is 6.92 Å². The van der Waals surface area contributed by atoms with Gasteiger partial charge in [0.15, 0.2) is 0 Å². The number of H-pyrrole nitrogens is 1. The normalized spacial score (nSPS) is 10.7. The predicted molar refractivity (Wildman–Crippen MR) is 109 cm³/mol. The Morgan fingerprint density at radius 1 is 1.07 bits per heavy atom. The standard InChI is InChI=1S/C20H21N5O4/c1-3-9-25-16-15(19(28)24-20(25)29)10-13(11-22-16)18(27)23-14-7-5-12(6-8-14)17(26)21-4-2/h5-8,10-11H,3-4,9H2,1-2H3,(H,21,26)(H,23,27)(H,24,28,29). The van der Waals surface area contributed by atoms with Crippen LogP contribution in [0.4, 0.5) is 5.69 Å². The van der Waals surface area contributed by atoms with Crippen LogP contribution in [0.1, 0.15) is 41.0 Å². The summed E-state index contributed by atoms with van der Waals surface area (Å²) in [5.74, 6) is -0.653. The van der Waals surface area contributed by atoms with Crippen LogP contribution in [-0.2, 0) is 6.54 Å². The first kappa shape index (κ1) is 20.0. The van der Waals surface area contributed by atoms with Crippen molar-refractivity contribution in [1.82, 2.24) is 19.9 Å². The number of amides is 2. The maximum absolute atomic E-state index is 12.6. The molecule has 2 amide bonds. The van der Waals surface area contributed by atoms with Gasteiger partial charge in [0.1, 0.15) is 5.65 Å². The molecule has 1 aromatic carbocycles. The Balaban J connectivity index is 1.87. The Kier molecular flexibility index (Phi) is 5.87. The van der Waals surface area contributed by atoms with Crippen LogP contribution >= 0.6 is 0 Å². The van der Waals surface area contributed by atoms with Gasteiger partial charge in [-0.2, -0.15) is 0 Å². The summed E-state index contributed by atoms with van der Waals surface area (Å²) in [6.07, 6.45) is 2.02. The van der Waals surface area contributed by atoms with E-state index >= 15 is 0 Å². The number of carbonyl (C=O) groups is 2. The number of pyridine rings is 1. The first-order chi connectivity index (χ1) is 13.9. The third-order valence-electron chi connectivity index (χ3n) is 4.28. The molecule has 29 heavy (non-hydrogen) atoms. The largest absolute Gasteiger partial charge is 0.352 e. The fourth-order valence-corrected chi connectivity index (χ4v) is 2.89. The third-order valence-corrected chi connectivity index (χ3v) is 4.28. The molecule has 2 heterocycles. The minimum Gasteiger partial charge on any atom is -0.352 e. The topological polar surface area (TPSA) is 126 Å². The molecule has 150 valence electrons. The summed E-state index contributed by atoms with van der Waals surface area (Å²) in [6, 6.07) is 7.84. The molecule has 9 heteroatoms. The second-order valence-corrected chi connectivity index (χ2v) is 6.40. The van der Waals surface area contributed by atoms with Gasteiger partial charge < -0.3 is 10.6 Å². The van der Waals surface area contributed by atoms with Crippen molar-refractivity contribution in [2.45, 2.75) is 26.8 Å². The first-order valence-corrected chi connectivity index (χ1v) is 9.27. The van der Waals surface area contributed by atoms with Gasteiger partial charge in [0.2, 0.25) is 0 Å². The highest BCUT2D eigenvalue weighted by Crippen LogP contribution is 2.13. The molecule has 3 N–H and O–H groups in total. The van der Waals surface area contributed by atoms with Crippen molar-refractivity contribution in [3.63, 3.8) is 0 Å². The minimum absolute atomic E-state index is 0.164. The molecule has 0 radical (unpaired) electrons. The lowest BCUT2D eigenvalue weighted by Crippen LogP contribution is -2.31. The van der Waals surface area contributed by atoms with E-state index in [1.54, 1.807) is 24.3 Å². The van der Waals surface area contributed by atoms with Crippen molar-refractivity contribution in [2.75, 3.05) is 11.9 Å². The minimum atomic E-state index is -0.592. The van der Waals surface area contributed by atoms with Crippen molar-refractivity contribution in [3.05, 3.63) is 68.5 Å². The van der Waals surface area contributed by atoms with E-state index < -0.39 is 17.2 Å². The SMILES string of the molecule is CCCn1c(=O)[nH]c(=O)c2cc(C(=O)Nc3ccc(C(=O)NCC)cc3)cnc21. The quantitative estimate of drug-likeness (QED) is 0.583. The van der Waals surface area contributed by atoms with Crippen LogP contribution in [0.5, 0.6) is 0 Å². The highest BCUT2D eigenvalue weighted by molar-refractivity contribution is 6.05. The molecule has 0 aliphatic rings. The fraction of sp³-hybridized carbons (Fsp3) is 0.250. The molecule has 0 fully saturated rings. The van der Waals surface area contributed by atoms with Crippen molar-refractivity contribution in [1.29, 1.82) is 0 Å². The number of benzene rings is 1. The summed E-state index contributed by atoms with van der Waals surface area (Å²) in [7, 11) is 0. The van der Waals surface area contributed by atoms with Crippen LogP contribution in [-0.4, -0.2) is 32.9 Å². The van der Waals surface area contributed by atoms with Crippen molar-refractivity contribution in [3.8, 4) is 0 Å². The van der Waals surface area contributed by atoms with E-state index in [-0.39, 0.29) is 22.5 Å². The number of nitrogens with zero attached hydrogens (tertiary/aromatic N) is 2.